The Morgan fingerprint density at radius 3 is 2.50 bits per heavy atom. The largest absolute Gasteiger partial charge is 0.452 e. The van der Waals surface area contributed by atoms with E-state index in [0.29, 0.717) is 11.6 Å². The number of nitrogens with one attached hydrogen (secondary N) is 2. The number of hydrogen-bond acceptors (Lipinski definition) is 7. The van der Waals surface area contributed by atoms with Gasteiger partial charge >= 0.3 is 5.97 Å². The van der Waals surface area contributed by atoms with Crippen LogP contribution in [0, 0.1) is 16.0 Å². The van der Waals surface area contributed by atoms with Crippen LogP contribution in [0.1, 0.15) is 44.0 Å². The lowest BCUT2D eigenvalue weighted by Crippen LogP contribution is -2.41. The monoisotopic (exact) mass is 420 g/mol. The van der Waals surface area contributed by atoms with Gasteiger partial charge in [0.15, 0.2) is 6.61 Å². The number of nitrogens with zero attached hydrogens (tertiary/aromatic N) is 2. The summed E-state index contributed by atoms with van der Waals surface area (Å²) in [6.07, 6.45) is 1.90. The molecule has 1 saturated heterocycles. The molecule has 0 spiro atoms. The Hall–Kier alpha value is -3.17. The molecule has 0 atom stereocenters. The summed E-state index contributed by atoms with van der Waals surface area (Å²) in [4.78, 5) is 48.6. The number of benzene rings is 1. The van der Waals surface area contributed by atoms with Crippen molar-refractivity contribution in [1.82, 2.24) is 10.6 Å². The first-order valence-corrected chi connectivity index (χ1v) is 9.94. The van der Waals surface area contributed by atoms with Gasteiger partial charge in [0.05, 0.1) is 22.7 Å². The number of esters is 1. The van der Waals surface area contributed by atoms with Crippen molar-refractivity contribution in [3.8, 4) is 0 Å². The van der Waals surface area contributed by atoms with Crippen LogP contribution in [0.25, 0.3) is 0 Å². The maximum Gasteiger partial charge on any atom is 0.341 e. The van der Waals surface area contributed by atoms with Crippen molar-refractivity contribution in [1.29, 1.82) is 0 Å². The number of nitro groups is 1. The predicted octanol–water partition coefficient (Wildman–Crippen LogP) is 1.63. The third-order valence-electron chi connectivity index (χ3n) is 4.77. The second-order valence-electron chi connectivity index (χ2n) is 7.70. The van der Waals surface area contributed by atoms with Crippen LogP contribution in [0.5, 0.6) is 0 Å². The van der Waals surface area contributed by atoms with Crippen LogP contribution in [-0.4, -0.2) is 55.0 Å². The molecule has 0 unspecified atom stereocenters. The highest BCUT2D eigenvalue weighted by Crippen LogP contribution is 2.29. The van der Waals surface area contributed by atoms with E-state index in [9.17, 15) is 24.5 Å². The van der Waals surface area contributed by atoms with Gasteiger partial charge in [0, 0.05) is 31.3 Å². The standard InChI is InChI=1S/C20H28N4O6/c1-13(2)22-18(25)11-21-19(26)12-30-20(27)16-10-15(24(28)29)4-5-17(16)23-8-6-14(3)7-9-23/h4-5,10,13-14H,6-9,11-12H2,1-3H3,(H,21,26)(H,22,25). The van der Waals surface area contributed by atoms with E-state index in [1.807, 2.05) is 4.90 Å². The predicted molar refractivity (Wildman–Crippen MR) is 110 cm³/mol. The number of hydrogen-bond donors (Lipinski definition) is 2. The van der Waals surface area contributed by atoms with Crippen molar-refractivity contribution in [2.24, 2.45) is 5.92 Å². The quantitative estimate of drug-likeness (QED) is 0.371. The molecule has 10 nitrogen and oxygen atoms in total. The number of non-ortho nitro benzene ring substituents is 1. The van der Waals surface area contributed by atoms with E-state index in [-0.39, 0.29) is 29.7 Å². The molecule has 2 amide bonds. The Kier molecular flexibility index (Phi) is 8.14. The molecule has 1 heterocycles. The number of amides is 2. The molecule has 164 valence electrons. The fourth-order valence-corrected chi connectivity index (χ4v) is 3.14. The highest BCUT2D eigenvalue weighted by atomic mass is 16.6. The van der Waals surface area contributed by atoms with E-state index < -0.39 is 23.4 Å². The number of piperidine rings is 1. The van der Waals surface area contributed by atoms with Gasteiger partial charge in [-0.3, -0.25) is 19.7 Å². The molecule has 10 heteroatoms. The summed E-state index contributed by atoms with van der Waals surface area (Å²) < 4.78 is 5.06. The van der Waals surface area contributed by atoms with Gasteiger partial charge in [-0.05, 0) is 38.7 Å². The summed E-state index contributed by atoms with van der Waals surface area (Å²) in [6.45, 7) is 6.37. The molecule has 1 aliphatic rings. The van der Waals surface area contributed by atoms with E-state index in [2.05, 4.69) is 17.6 Å². The smallest absolute Gasteiger partial charge is 0.341 e. The molecule has 2 rings (SSSR count). The molecule has 0 aliphatic carbocycles. The Balaban J connectivity index is 2.04. The zero-order chi connectivity index (χ0) is 22.3. The van der Waals surface area contributed by atoms with Gasteiger partial charge in [0.25, 0.3) is 11.6 Å². The molecule has 1 aliphatic heterocycles. The lowest BCUT2D eigenvalue weighted by molar-refractivity contribution is -0.384. The van der Waals surface area contributed by atoms with Crippen LogP contribution in [0.4, 0.5) is 11.4 Å². The molecule has 1 aromatic rings. The first-order chi connectivity index (χ1) is 14.2. The third kappa shape index (κ3) is 6.71. The Bertz CT molecular complexity index is 802. The maximum absolute atomic E-state index is 12.6. The third-order valence-corrected chi connectivity index (χ3v) is 4.77. The first kappa shape index (κ1) is 23.1. The Morgan fingerprint density at radius 2 is 1.90 bits per heavy atom. The van der Waals surface area contributed by atoms with Crippen molar-refractivity contribution in [3.05, 3.63) is 33.9 Å². The molecule has 0 saturated carbocycles. The van der Waals surface area contributed by atoms with E-state index in [1.54, 1.807) is 19.9 Å². The Labute approximate surface area is 175 Å². The topological polar surface area (TPSA) is 131 Å². The number of ether oxygens (including phenoxy) is 1. The average molecular weight is 420 g/mol. The van der Waals surface area contributed by atoms with Crippen LogP contribution in [0.3, 0.4) is 0 Å². The normalized spacial score (nSPS) is 14.3. The molecular weight excluding hydrogens is 392 g/mol. The molecule has 30 heavy (non-hydrogen) atoms. The maximum atomic E-state index is 12.6. The van der Waals surface area contributed by atoms with E-state index >= 15 is 0 Å². The van der Waals surface area contributed by atoms with Gasteiger partial charge in [-0.25, -0.2) is 4.79 Å². The number of rotatable bonds is 8. The second kappa shape index (κ2) is 10.6. The van der Waals surface area contributed by atoms with E-state index in [4.69, 9.17) is 4.74 Å². The number of carbonyl (C=O) groups excluding carboxylic acids is 3. The first-order valence-electron chi connectivity index (χ1n) is 9.94. The fraction of sp³-hybridized carbons (Fsp3) is 0.550. The van der Waals surface area contributed by atoms with Gasteiger partial charge in [-0.15, -0.1) is 0 Å². The van der Waals surface area contributed by atoms with Crippen LogP contribution < -0.4 is 15.5 Å². The zero-order valence-electron chi connectivity index (χ0n) is 17.5. The van der Waals surface area contributed by atoms with Crippen molar-refractivity contribution < 1.29 is 24.0 Å². The summed E-state index contributed by atoms with van der Waals surface area (Å²) in [5.74, 6) is -1.24. The minimum absolute atomic E-state index is 0.0455. The Morgan fingerprint density at radius 1 is 1.23 bits per heavy atom. The summed E-state index contributed by atoms with van der Waals surface area (Å²) >= 11 is 0. The molecule has 0 aromatic heterocycles. The zero-order valence-corrected chi connectivity index (χ0v) is 17.5. The minimum atomic E-state index is -0.825. The lowest BCUT2D eigenvalue weighted by Gasteiger charge is -2.33. The summed E-state index contributed by atoms with van der Waals surface area (Å²) in [7, 11) is 0. The van der Waals surface area contributed by atoms with E-state index in [0.717, 1.165) is 25.9 Å². The summed E-state index contributed by atoms with van der Waals surface area (Å²) in [5, 5.41) is 16.1. The van der Waals surface area contributed by atoms with Crippen molar-refractivity contribution in [3.63, 3.8) is 0 Å². The average Bonchev–Trinajstić information content (AvgIpc) is 2.70. The second-order valence-corrected chi connectivity index (χ2v) is 7.70. The highest BCUT2D eigenvalue weighted by molar-refractivity contribution is 5.98. The summed E-state index contributed by atoms with van der Waals surface area (Å²) in [6, 6.07) is 4.01. The van der Waals surface area contributed by atoms with Gasteiger partial charge in [0.1, 0.15) is 0 Å². The molecule has 1 aromatic carbocycles. The highest BCUT2D eigenvalue weighted by Gasteiger charge is 2.24. The number of nitro benzene ring substituents is 1. The van der Waals surface area contributed by atoms with Crippen LogP contribution in [-0.2, 0) is 14.3 Å². The van der Waals surface area contributed by atoms with Crippen molar-refractivity contribution >= 4 is 29.2 Å². The van der Waals surface area contributed by atoms with Gasteiger partial charge < -0.3 is 20.3 Å². The number of carbonyl (C=O) groups is 3. The van der Waals surface area contributed by atoms with Gasteiger partial charge in [0.2, 0.25) is 5.91 Å². The SMILES string of the molecule is CC1CCN(c2ccc([N+](=O)[O-])cc2C(=O)OCC(=O)NCC(=O)NC(C)C)CC1. The number of anilines is 1. The lowest BCUT2D eigenvalue weighted by atomic mass is 9.98. The van der Waals surface area contributed by atoms with Crippen LogP contribution in [0.2, 0.25) is 0 Å². The van der Waals surface area contributed by atoms with Gasteiger partial charge in [-0.1, -0.05) is 6.92 Å². The van der Waals surface area contributed by atoms with Crippen molar-refractivity contribution in [2.75, 3.05) is 31.1 Å². The van der Waals surface area contributed by atoms with Crippen LogP contribution in [0.15, 0.2) is 18.2 Å². The molecule has 1 fully saturated rings. The molecule has 2 N–H and O–H groups in total. The fourth-order valence-electron chi connectivity index (χ4n) is 3.14. The van der Waals surface area contributed by atoms with Gasteiger partial charge in [-0.2, -0.15) is 0 Å². The minimum Gasteiger partial charge on any atom is -0.452 e. The van der Waals surface area contributed by atoms with E-state index in [1.165, 1.54) is 12.1 Å². The molecule has 0 radical (unpaired) electrons. The van der Waals surface area contributed by atoms with Crippen LogP contribution >= 0.6 is 0 Å². The van der Waals surface area contributed by atoms with Crippen molar-refractivity contribution in [2.45, 2.75) is 39.7 Å². The molecule has 0 bridgehead atoms. The summed E-state index contributed by atoms with van der Waals surface area (Å²) in [5.41, 5.74) is 0.365. The molecular formula is C20H28N4O6.